The standard InChI is InChI=1S/C18H18N2O7/c21-12-3-1-10(2-4-12)7-13(16(22)23)19-6-5-11-8-14(17(24)25)20-15(9-11)18(26)27/h1-6,8,13,15,20-21H,7,9H2,(H,22,23)(H,24,25)(H,26,27)/p-3/b11-5-,19-6?/t13-,15-/m0/s1. The Morgan fingerprint density at radius 3 is 2.44 bits per heavy atom. The maximum Gasteiger partial charge on any atom is 0.115 e. The zero-order valence-corrected chi connectivity index (χ0v) is 14.0. The molecule has 1 aromatic rings. The van der Waals surface area contributed by atoms with Gasteiger partial charge in [-0.1, -0.05) is 12.1 Å². The van der Waals surface area contributed by atoms with Crippen LogP contribution in [-0.2, 0) is 20.8 Å². The molecular weight excluding hydrogens is 356 g/mol. The summed E-state index contributed by atoms with van der Waals surface area (Å²) in [6, 6.07) is 3.45. The van der Waals surface area contributed by atoms with Gasteiger partial charge in [-0.2, -0.15) is 0 Å². The molecule has 9 heteroatoms. The highest BCUT2D eigenvalue weighted by Crippen LogP contribution is 2.16. The van der Waals surface area contributed by atoms with E-state index in [1.165, 1.54) is 24.3 Å². The van der Waals surface area contributed by atoms with Crippen molar-refractivity contribution in [3.63, 3.8) is 0 Å². The average molecular weight is 371 g/mol. The van der Waals surface area contributed by atoms with Crippen molar-refractivity contribution in [2.24, 2.45) is 4.99 Å². The van der Waals surface area contributed by atoms with Gasteiger partial charge >= 0.3 is 0 Å². The zero-order valence-electron chi connectivity index (χ0n) is 14.0. The molecule has 0 unspecified atom stereocenters. The fourth-order valence-corrected chi connectivity index (χ4v) is 2.43. The van der Waals surface area contributed by atoms with Gasteiger partial charge < -0.3 is 40.1 Å². The highest BCUT2D eigenvalue weighted by Gasteiger charge is 2.18. The molecule has 1 heterocycles. The number of carbonyl (C=O) groups is 3. The molecule has 0 aromatic heterocycles. The normalized spacial score (nSPS) is 19.3. The molecule has 2 N–H and O–H groups in total. The minimum atomic E-state index is -1.58. The summed E-state index contributed by atoms with van der Waals surface area (Å²) in [6.07, 6.45) is 3.59. The van der Waals surface area contributed by atoms with Gasteiger partial charge in [0.25, 0.3) is 0 Å². The Hall–Kier alpha value is -3.62. The number of aromatic hydroxyl groups is 1. The predicted octanol–water partition coefficient (Wildman–Crippen LogP) is -3.20. The van der Waals surface area contributed by atoms with Gasteiger partial charge in [-0.15, -0.1) is 0 Å². The highest BCUT2D eigenvalue weighted by molar-refractivity contribution is 5.88. The molecule has 0 bridgehead atoms. The Morgan fingerprint density at radius 2 is 1.89 bits per heavy atom. The predicted molar refractivity (Wildman–Crippen MR) is 86.8 cm³/mol. The van der Waals surface area contributed by atoms with Gasteiger partial charge in [0.05, 0.1) is 35.7 Å². The second kappa shape index (κ2) is 8.65. The molecule has 2 rings (SSSR count). The van der Waals surface area contributed by atoms with Crippen LogP contribution < -0.4 is 20.6 Å². The maximum atomic E-state index is 11.2. The van der Waals surface area contributed by atoms with Gasteiger partial charge in [-0.3, -0.25) is 4.99 Å². The Labute approximate surface area is 154 Å². The number of rotatable bonds is 7. The number of nitrogens with one attached hydrogen (secondary N) is 1. The van der Waals surface area contributed by atoms with Gasteiger partial charge in [0.15, 0.2) is 0 Å². The number of hydrogen-bond acceptors (Lipinski definition) is 9. The van der Waals surface area contributed by atoms with E-state index in [1.54, 1.807) is 12.1 Å². The third-order valence-corrected chi connectivity index (χ3v) is 3.80. The molecule has 1 aliphatic rings. The average Bonchev–Trinajstić information content (AvgIpc) is 2.62. The second-order valence-electron chi connectivity index (χ2n) is 5.81. The molecule has 0 amide bonds. The van der Waals surface area contributed by atoms with Crippen LogP contribution in [0.4, 0.5) is 0 Å². The van der Waals surface area contributed by atoms with Crippen LogP contribution in [0.25, 0.3) is 0 Å². The summed E-state index contributed by atoms with van der Waals surface area (Å²) in [4.78, 5) is 37.1. The molecule has 142 valence electrons. The van der Waals surface area contributed by atoms with Crippen molar-refractivity contribution in [3.05, 3.63) is 53.3 Å². The molecule has 0 saturated heterocycles. The molecule has 0 fully saturated rings. The first-order valence-corrected chi connectivity index (χ1v) is 7.88. The quantitative estimate of drug-likeness (QED) is 0.473. The van der Waals surface area contributed by atoms with Crippen LogP contribution in [0.2, 0.25) is 0 Å². The van der Waals surface area contributed by atoms with Crippen molar-refractivity contribution in [2.75, 3.05) is 0 Å². The number of phenols is 1. The first-order chi connectivity index (χ1) is 12.8. The van der Waals surface area contributed by atoms with Crippen LogP contribution in [0.3, 0.4) is 0 Å². The summed E-state index contributed by atoms with van der Waals surface area (Å²) in [5.41, 5.74) is 0.494. The van der Waals surface area contributed by atoms with Gasteiger partial charge in [0.2, 0.25) is 0 Å². The molecule has 0 radical (unpaired) electrons. The molecule has 0 spiro atoms. The van der Waals surface area contributed by atoms with Gasteiger partial charge in [-0.25, -0.2) is 0 Å². The molecule has 1 aliphatic heterocycles. The third kappa shape index (κ3) is 5.70. The van der Waals surface area contributed by atoms with Crippen molar-refractivity contribution >= 4 is 24.1 Å². The highest BCUT2D eigenvalue weighted by atomic mass is 16.4. The number of phenolic OH excluding ortho intramolecular Hbond substituents is 1. The summed E-state index contributed by atoms with van der Waals surface area (Å²) in [5, 5.41) is 44.7. The van der Waals surface area contributed by atoms with Crippen molar-refractivity contribution in [1.29, 1.82) is 0 Å². The van der Waals surface area contributed by atoms with E-state index >= 15 is 0 Å². The molecule has 0 saturated carbocycles. The van der Waals surface area contributed by atoms with Crippen LogP contribution in [-0.4, -0.2) is 41.3 Å². The fraction of sp³-hybridized carbons (Fsp3) is 0.222. The van der Waals surface area contributed by atoms with Crippen LogP contribution in [0.5, 0.6) is 5.75 Å². The molecule has 27 heavy (non-hydrogen) atoms. The number of nitrogens with zero attached hydrogens (tertiary/aromatic N) is 1. The molecule has 2 atom stereocenters. The Morgan fingerprint density at radius 1 is 1.22 bits per heavy atom. The molecule has 9 nitrogen and oxygen atoms in total. The first kappa shape index (κ1) is 19.7. The van der Waals surface area contributed by atoms with E-state index < -0.39 is 35.7 Å². The SMILES string of the molecule is O=C([O-])C1=C/C(=C/C=N[C@@H](Cc2ccc(O)cc2)C(=O)[O-])C[C@@H](C(=O)[O-])N1. The summed E-state index contributed by atoms with van der Waals surface area (Å²) in [5.74, 6) is -4.43. The Kier molecular flexibility index (Phi) is 6.32. The summed E-state index contributed by atoms with van der Waals surface area (Å²) in [6.45, 7) is 0. The topological polar surface area (TPSA) is 165 Å². The van der Waals surface area contributed by atoms with E-state index in [4.69, 9.17) is 0 Å². The van der Waals surface area contributed by atoms with E-state index in [-0.39, 0.29) is 18.6 Å². The van der Waals surface area contributed by atoms with Crippen molar-refractivity contribution in [1.82, 2.24) is 5.32 Å². The lowest BCUT2D eigenvalue weighted by atomic mass is 10.00. The lowest BCUT2D eigenvalue weighted by Crippen LogP contribution is -2.49. The van der Waals surface area contributed by atoms with E-state index in [2.05, 4.69) is 10.3 Å². The van der Waals surface area contributed by atoms with Crippen LogP contribution in [0.15, 0.2) is 52.7 Å². The van der Waals surface area contributed by atoms with Gasteiger partial charge in [0.1, 0.15) is 5.75 Å². The minimum absolute atomic E-state index is 0.0195. The number of aliphatic carboxylic acids is 3. The lowest BCUT2D eigenvalue weighted by molar-refractivity contribution is -0.309. The maximum absolute atomic E-state index is 11.2. The first-order valence-electron chi connectivity index (χ1n) is 7.88. The van der Waals surface area contributed by atoms with E-state index in [9.17, 15) is 34.8 Å². The number of carboxylic acids is 3. The van der Waals surface area contributed by atoms with E-state index in [0.29, 0.717) is 11.1 Å². The smallest absolute Gasteiger partial charge is 0.115 e. The second-order valence-corrected chi connectivity index (χ2v) is 5.81. The number of benzene rings is 1. The van der Waals surface area contributed by atoms with Crippen LogP contribution in [0.1, 0.15) is 12.0 Å². The number of aliphatic imine (C=N–C) groups is 1. The molecular formula is C18H15N2O7-3. The number of carbonyl (C=O) groups excluding carboxylic acids is 3. The number of hydrogen-bond donors (Lipinski definition) is 2. The Bertz CT molecular complexity index is 825. The zero-order chi connectivity index (χ0) is 20.0. The summed E-state index contributed by atoms with van der Waals surface area (Å²) in [7, 11) is 0. The van der Waals surface area contributed by atoms with Crippen molar-refractivity contribution in [2.45, 2.75) is 24.9 Å². The summed E-state index contributed by atoms with van der Waals surface area (Å²) >= 11 is 0. The van der Waals surface area contributed by atoms with E-state index in [1.807, 2.05) is 0 Å². The number of allylic oxidation sites excluding steroid dienone is 2. The van der Waals surface area contributed by atoms with Crippen molar-refractivity contribution < 1.29 is 34.8 Å². The fourth-order valence-electron chi connectivity index (χ4n) is 2.43. The minimum Gasteiger partial charge on any atom is -0.548 e. The summed E-state index contributed by atoms with van der Waals surface area (Å²) < 4.78 is 0. The van der Waals surface area contributed by atoms with Gasteiger partial charge in [-0.05, 0) is 41.8 Å². The van der Waals surface area contributed by atoms with Gasteiger partial charge in [0, 0.05) is 12.6 Å². The van der Waals surface area contributed by atoms with Crippen LogP contribution in [0, 0.1) is 0 Å². The molecule has 0 aliphatic carbocycles. The third-order valence-electron chi connectivity index (χ3n) is 3.80. The van der Waals surface area contributed by atoms with Crippen LogP contribution >= 0.6 is 0 Å². The molecule has 1 aromatic carbocycles. The van der Waals surface area contributed by atoms with E-state index in [0.717, 1.165) is 6.21 Å². The largest absolute Gasteiger partial charge is 0.548 e. The Balaban J connectivity index is 2.15. The monoisotopic (exact) mass is 371 g/mol. The lowest BCUT2D eigenvalue weighted by Gasteiger charge is -2.28. The van der Waals surface area contributed by atoms with Crippen molar-refractivity contribution in [3.8, 4) is 5.75 Å². The number of carboxylic acid groups (broad SMARTS) is 3.